The molecule has 8 heteroatoms. The van der Waals surface area contributed by atoms with E-state index in [-0.39, 0.29) is 11.8 Å². The van der Waals surface area contributed by atoms with Gasteiger partial charge in [0.25, 0.3) is 5.91 Å². The van der Waals surface area contributed by atoms with Gasteiger partial charge in [0, 0.05) is 33.1 Å². The fourth-order valence-electron chi connectivity index (χ4n) is 3.25. The van der Waals surface area contributed by atoms with Crippen molar-refractivity contribution in [3.8, 4) is 0 Å². The topological polar surface area (TPSA) is 78.4 Å². The fourth-order valence-corrected chi connectivity index (χ4v) is 4.26. The smallest absolute Gasteiger partial charge is 0.272 e. The van der Waals surface area contributed by atoms with Crippen molar-refractivity contribution in [1.82, 2.24) is 19.8 Å². The predicted octanol–water partition coefficient (Wildman–Crippen LogP) is 2.61. The van der Waals surface area contributed by atoms with Gasteiger partial charge >= 0.3 is 0 Å². The first-order valence-electron chi connectivity index (χ1n) is 9.19. The number of nitrogens with zero attached hydrogens (tertiary/aromatic N) is 4. The zero-order valence-corrected chi connectivity index (χ0v) is 16.4. The van der Waals surface area contributed by atoms with Gasteiger partial charge in [0.2, 0.25) is 5.91 Å². The first kappa shape index (κ1) is 18.5. The summed E-state index contributed by atoms with van der Waals surface area (Å²) in [4.78, 5) is 37.0. The normalized spacial score (nSPS) is 15.0. The maximum atomic E-state index is 12.7. The van der Waals surface area contributed by atoms with Gasteiger partial charge in [-0.25, -0.2) is 9.97 Å². The van der Waals surface area contributed by atoms with Crippen LogP contribution in [0.15, 0.2) is 42.5 Å². The molecule has 3 heterocycles. The van der Waals surface area contributed by atoms with Crippen molar-refractivity contribution >= 4 is 39.2 Å². The molecule has 0 bridgehead atoms. The molecular formula is C20H21N5O2S. The van der Waals surface area contributed by atoms with Crippen molar-refractivity contribution in [3.05, 3.63) is 53.2 Å². The number of carbonyl (C=O) groups is 2. The van der Waals surface area contributed by atoms with Crippen LogP contribution in [0.4, 0.5) is 5.82 Å². The summed E-state index contributed by atoms with van der Waals surface area (Å²) in [6.07, 6.45) is 0. The number of benzene rings is 1. The van der Waals surface area contributed by atoms with Crippen molar-refractivity contribution in [2.75, 3.05) is 31.5 Å². The average molecular weight is 395 g/mol. The zero-order valence-electron chi connectivity index (χ0n) is 15.6. The second-order valence-corrected chi connectivity index (χ2v) is 7.85. The highest BCUT2D eigenvalue weighted by molar-refractivity contribution is 7.18. The number of nitrogens with one attached hydrogen (secondary N) is 1. The van der Waals surface area contributed by atoms with Crippen molar-refractivity contribution in [2.24, 2.45) is 0 Å². The first-order valence-corrected chi connectivity index (χ1v) is 10.0. The van der Waals surface area contributed by atoms with E-state index in [1.807, 2.05) is 23.1 Å². The standard InChI is InChI=1S/C20H21N5O2S/c1-14(26)21-18-8-4-6-16(22-18)20(27)25-11-9-24(10-12-25)13-19-23-15-5-2-3-7-17(15)28-19/h2-8H,9-13H2,1H3,(H,21,22,26). The van der Waals surface area contributed by atoms with Crippen LogP contribution in [0.25, 0.3) is 10.2 Å². The summed E-state index contributed by atoms with van der Waals surface area (Å²) in [5.74, 6) is 0.0835. The molecule has 1 fully saturated rings. The second kappa shape index (κ2) is 8.04. The van der Waals surface area contributed by atoms with Gasteiger partial charge in [0.15, 0.2) is 0 Å². The molecule has 0 aliphatic carbocycles. The maximum Gasteiger partial charge on any atom is 0.272 e. The minimum Gasteiger partial charge on any atom is -0.335 e. The zero-order chi connectivity index (χ0) is 19.5. The largest absolute Gasteiger partial charge is 0.335 e. The third-order valence-corrected chi connectivity index (χ3v) is 5.65. The molecule has 1 N–H and O–H groups in total. The van der Waals surface area contributed by atoms with Gasteiger partial charge in [-0.15, -0.1) is 11.3 Å². The molecule has 3 aromatic rings. The molecule has 0 spiro atoms. The molecule has 0 radical (unpaired) electrons. The molecule has 0 atom stereocenters. The Morgan fingerprint density at radius 1 is 1.04 bits per heavy atom. The maximum absolute atomic E-state index is 12.7. The van der Waals surface area contributed by atoms with E-state index >= 15 is 0 Å². The summed E-state index contributed by atoms with van der Waals surface area (Å²) in [5.41, 5.74) is 1.40. The van der Waals surface area contributed by atoms with Crippen LogP contribution in [0.3, 0.4) is 0 Å². The number of carbonyl (C=O) groups excluding carboxylic acids is 2. The van der Waals surface area contributed by atoms with E-state index in [1.165, 1.54) is 11.6 Å². The van der Waals surface area contributed by atoms with Crippen LogP contribution in [0.1, 0.15) is 22.4 Å². The van der Waals surface area contributed by atoms with Crippen LogP contribution in [-0.4, -0.2) is 57.8 Å². The minimum atomic E-state index is -0.208. The van der Waals surface area contributed by atoms with Gasteiger partial charge in [0.05, 0.1) is 16.8 Å². The summed E-state index contributed by atoms with van der Waals surface area (Å²) in [5, 5.41) is 3.72. The van der Waals surface area contributed by atoms with Gasteiger partial charge in [-0.2, -0.15) is 0 Å². The number of pyridine rings is 1. The van der Waals surface area contributed by atoms with E-state index in [1.54, 1.807) is 29.5 Å². The molecular weight excluding hydrogens is 374 g/mol. The number of hydrogen-bond donors (Lipinski definition) is 1. The average Bonchev–Trinajstić information content (AvgIpc) is 3.10. The quantitative estimate of drug-likeness (QED) is 0.735. The number of thiazole rings is 1. The van der Waals surface area contributed by atoms with Gasteiger partial charge < -0.3 is 10.2 Å². The molecule has 2 aromatic heterocycles. The Bertz CT molecular complexity index is 978. The monoisotopic (exact) mass is 395 g/mol. The van der Waals surface area contributed by atoms with Gasteiger partial charge in [-0.1, -0.05) is 18.2 Å². The summed E-state index contributed by atoms with van der Waals surface area (Å²) in [7, 11) is 0. The molecule has 0 saturated carbocycles. The minimum absolute atomic E-state index is 0.105. The lowest BCUT2D eigenvalue weighted by molar-refractivity contribution is -0.114. The highest BCUT2D eigenvalue weighted by Crippen LogP contribution is 2.23. The van der Waals surface area contributed by atoms with Crippen LogP contribution < -0.4 is 5.32 Å². The predicted molar refractivity (Wildman–Crippen MR) is 109 cm³/mol. The number of piperazine rings is 1. The van der Waals surface area contributed by atoms with Crippen LogP contribution >= 0.6 is 11.3 Å². The Morgan fingerprint density at radius 2 is 1.82 bits per heavy atom. The third kappa shape index (κ3) is 4.18. The van der Waals surface area contributed by atoms with E-state index in [0.717, 1.165) is 30.2 Å². The van der Waals surface area contributed by atoms with E-state index in [2.05, 4.69) is 21.3 Å². The van der Waals surface area contributed by atoms with Crippen molar-refractivity contribution in [3.63, 3.8) is 0 Å². The number of hydrogen-bond acceptors (Lipinski definition) is 6. The lowest BCUT2D eigenvalue weighted by Crippen LogP contribution is -2.48. The molecule has 1 aromatic carbocycles. The number of para-hydroxylation sites is 1. The molecule has 28 heavy (non-hydrogen) atoms. The Kier molecular flexibility index (Phi) is 5.31. The van der Waals surface area contributed by atoms with E-state index in [4.69, 9.17) is 4.98 Å². The molecule has 0 unspecified atom stereocenters. The van der Waals surface area contributed by atoms with Gasteiger partial charge in [0.1, 0.15) is 16.5 Å². The molecule has 144 valence electrons. The Labute approximate surface area is 167 Å². The number of amides is 2. The molecule has 7 nitrogen and oxygen atoms in total. The molecule has 1 saturated heterocycles. The van der Waals surface area contributed by atoms with Crippen molar-refractivity contribution in [1.29, 1.82) is 0 Å². The summed E-state index contributed by atoms with van der Waals surface area (Å²) in [6.45, 7) is 5.12. The van der Waals surface area contributed by atoms with Crippen LogP contribution in [0, 0.1) is 0 Å². The van der Waals surface area contributed by atoms with Crippen molar-refractivity contribution in [2.45, 2.75) is 13.5 Å². The molecule has 1 aliphatic rings. The van der Waals surface area contributed by atoms with Crippen molar-refractivity contribution < 1.29 is 9.59 Å². The van der Waals surface area contributed by atoms with Crippen LogP contribution in [0.5, 0.6) is 0 Å². The number of rotatable bonds is 4. The number of fused-ring (bicyclic) bond motifs is 1. The molecule has 2 amide bonds. The SMILES string of the molecule is CC(=O)Nc1cccc(C(=O)N2CCN(Cc3nc4ccccc4s3)CC2)n1. The highest BCUT2D eigenvalue weighted by atomic mass is 32.1. The van der Waals surface area contributed by atoms with E-state index in [0.29, 0.717) is 24.6 Å². The van der Waals surface area contributed by atoms with Gasteiger partial charge in [-0.3, -0.25) is 14.5 Å². The Balaban J connectivity index is 1.35. The summed E-state index contributed by atoms with van der Waals surface area (Å²) < 4.78 is 1.21. The van der Waals surface area contributed by atoms with Crippen LogP contribution in [0.2, 0.25) is 0 Å². The fraction of sp³-hybridized carbons (Fsp3) is 0.300. The van der Waals surface area contributed by atoms with E-state index in [9.17, 15) is 9.59 Å². The van der Waals surface area contributed by atoms with E-state index < -0.39 is 0 Å². The molecule has 4 rings (SSSR count). The lowest BCUT2D eigenvalue weighted by Gasteiger charge is -2.34. The Morgan fingerprint density at radius 3 is 2.57 bits per heavy atom. The summed E-state index contributed by atoms with van der Waals surface area (Å²) >= 11 is 1.72. The van der Waals surface area contributed by atoms with Crippen LogP contribution in [-0.2, 0) is 11.3 Å². The number of anilines is 1. The molecule has 1 aliphatic heterocycles. The third-order valence-electron chi connectivity index (χ3n) is 4.63. The number of aromatic nitrogens is 2. The Hall–Kier alpha value is -2.84. The first-order chi connectivity index (χ1) is 13.6. The summed E-state index contributed by atoms with van der Waals surface area (Å²) in [6, 6.07) is 13.3. The van der Waals surface area contributed by atoms with Gasteiger partial charge in [-0.05, 0) is 24.3 Å². The lowest BCUT2D eigenvalue weighted by atomic mass is 10.2. The highest BCUT2D eigenvalue weighted by Gasteiger charge is 2.23. The second-order valence-electron chi connectivity index (χ2n) is 6.73.